The zero-order chi connectivity index (χ0) is 20.5. The van der Waals surface area contributed by atoms with Crippen molar-refractivity contribution < 1.29 is 27.0 Å². The van der Waals surface area contributed by atoms with Crippen LogP contribution in [0, 0.1) is 23.3 Å². The van der Waals surface area contributed by atoms with Gasteiger partial charge in [0.1, 0.15) is 11.6 Å². The van der Waals surface area contributed by atoms with Crippen LogP contribution in [0.5, 0.6) is 0 Å². The summed E-state index contributed by atoms with van der Waals surface area (Å²) in [6.07, 6.45) is -0.534. The lowest BCUT2D eigenvalue weighted by atomic mass is 9.98. The minimum Gasteiger partial charge on any atom is -0.347 e. The van der Waals surface area contributed by atoms with E-state index in [1.54, 1.807) is 24.3 Å². The van der Waals surface area contributed by atoms with E-state index >= 15 is 0 Å². The van der Waals surface area contributed by atoms with Crippen LogP contribution >= 0.6 is 0 Å². The van der Waals surface area contributed by atoms with Crippen LogP contribution in [0.3, 0.4) is 0 Å². The second-order valence-electron chi connectivity index (χ2n) is 6.82. The van der Waals surface area contributed by atoms with Crippen LogP contribution in [-0.2, 0) is 9.47 Å². The van der Waals surface area contributed by atoms with Gasteiger partial charge in [-0.1, -0.05) is 30.3 Å². The lowest BCUT2D eigenvalue weighted by Crippen LogP contribution is -2.37. The first-order chi connectivity index (χ1) is 13.9. The third-order valence-corrected chi connectivity index (χ3v) is 4.69. The molecule has 1 heterocycles. The zero-order valence-corrected chi connectivity index (χ0v) is 15.2. The summed E-state index contributed by atoms with van der Waals surface area (Å²) in [6.45, 7) is 0.766. The van der Waals surface area contributed by atoms with Crippen molar-refractivity contribution in [2.45, 2.75) is 12.3 Å². The van der Waals surface area contributed by atoms with Gasteiger partial charge in [-0.05, 0) is 41.0 Å². The van der Waals surface area contributed by atoms with Crippen molar-refractivity contribution in [3.63, 3.8) is 0 Å². The van der Waals surface area contributed by atoms with Crippen LogP contribution in [0.2, 0.25) is 0 Å². The average Bonchev–Trinajstić information content (AvgIpc) is 2.71. The minimum absolute atomic E-state index is 0.0781. The third kappa shape index (κ3) is 4.03. The van der Waals surface area contributed by atoms with Crippen LogP contribution in [-0.4, -0.2) is 19.3 Å². The van der Waals surface area contributed by atoms with E-state index in [1.807, 2.05) is 0 Å². The van der Waals surface area contributed by atoms with Gasteiger partial charge in [0.25, 0.3) is 0 Å². The van der Waals surface area contributed by atoms with Gasteiger partial charge < -0.3 is 15.2 Å². The zero-order valence-electron chi connectivity index (χ0n) is 15.2. The molecule has 0 bridgehead atoms. The lowest BCUT2D eigenvalue weighted by Gasteiger charge is -2.27. The lowest BCUT2D eigenvalue weighted by molar-refractivity contribution is -0.189. The molecule has 0 radical (unpaired) electrons. The quantitative estimate of drug-likeness (QED) is 0.630. The fourth-order valence-corrected chi connectivity index (χ4v) is 3.21. The number of hydrogen-bond acceptors (Lipinski definition) is 3. The third-order valence-electron chi connectivity index (χ3n) is 4.69. The van der Waals surface area contributed by atoms with E-state index in [0.717, 1.165) is 35.9 Å². The Bertz CT molecular complexity index is 1010. The molecule has 4 rings (SSSR count). The predicted octanol–water partition coefficient (Wildman–Crippen LogP) is 4.95. The SMILES string of the molecule is NC1COC(c2ccc(-c3cc(F)c(-c4ccc(F)c(F)c4)c(F)c3)cc2)OC1. The van der Waals surface area contributed by atoms with Gasteiger partial charge in [0.2, 0.25) is 0 Å². The standard InChI is InChI=1S/C22H17F4NO2/c23-17-6-5-14(7-18(17)24)21-19(25)8-15(9-20(21)26)12-1-3-13(4-2-12)22-28-10-16(27)11-29-22/h1-9,16,22H,10-11,27H2. The first kappa shape index (κ1) is 19.6. The maximum atomic E-state index is 14.6. The smallest absolute Gasteiger partial charge is 0.183 e. The van der Waals surface area contributed by atoms with Gasteiger partial charge in [-0.3, -0.25) is 0 Å². The average molecular weight is 403 g/mol. The largest absolute Gasteiger partial charge is 0.347 e. The normalized spacial score (nSPS) is 19.3. The molecule has 1 aliphatic heterocycles. The van der Waals surface area contributed by atoms with E-state index in [-0.39, 0.29) is 11.6 Å². The van der Waals surface area contributed by atoms with E-state index < -0.39 is 35.1 Å². The summed E-state index contributed by atoms with van der Waals surface area (Å²) < 4.78 is 66.8. The molecule has 150 valence electrons. The van der Waals surface area contributed by atoms with E-state index in [4.69, 9.17) is 15.2 Å². The van der Waals surface area contributed by atoms with E-state index in [0.29, 0.717) is 24.3 Å². The Labute approximate surface area is 164 Å². The summed E-state index contributed by atoms with van der Waals surface area (Å²) in [5.41, 5.74) is 6.88. The number of benzene rings is 3. The van der Waals surface area contributed by atoms with Crippen LogP contribution < -0.4 is 5.73 Å². The minimum atomic E-state index is -1.17. The Balaban J connectivity index is 1.61. The summed E-state index contributed by atoms with van der Waals surface area (Å²) in [4.78, 5) is 0. The molecule has 1 fully saturated rings. The van der Waals surface area contributed by atoms with Crippen LogP contribution in [0.4, 0.5) is 17.6 Å². The fraction of sp³-hybridized carbons (Fsp3) is 0.182. The first-order valence-corrected chi connectivity index (χ1v) is 8.96. The van der Waals surface area contributed by atoms with Crippen molar-refractivity contribution in [2.75, 3.05) is 13.2 Å². The topological polar surface area (TPSA) is 44.5 Å². The molecule has 3 aromatic carbocycles. The Morgan fingerprint density at radius 2 is 1.21 bits per heavy atom. The number of halogens is 4. The van der Waals surface area contributed by atoms with Crippen LogP contribution in [0.1, 0.15) is 11.9 Å². The molecule has 0 spiro atoms. The number of hydrogen-bond donors (Lipinski definition) is 1. The van der Waals surface area contributed by atoms with Gasteiger partial charge in [0, 0.05) is 5.56 Å². The summed E-state index contributed by atoms with van der Waals surface area (Å²) in [6, 6.07) is 11.8. The Morgan fingerprint density at radius 1 is 0.655 bits per heavy atom. The predicted molar refractivity (Wildman–Crippen MR) is 99.8 cm³/mol. The van der Waals surface area contributed by atoms with Crippen molar-refractivity contribution in [2.24, 2.45) is 5.73 Å². The number of ether oxygens (including phenoxy) is 2. The molecule has 0 aromatic heterocycles. The maximum absolute atomic E-state index is 14.6. The molecule has 0 unspecified atom stereocenters. The highest BCUT2D eigenvalue weighted by Crippen LogP contribution is 2.32. The highest BCUT2D eigenvalue weighted by Gasteiger charge is 2.21. The molecule has 3 aromatic rings. The molecule has 1 saturated heterocycles. The van der Waals surface area contributed by atoms with E-state index in [2.05, 4.69) is 0 Å². The van der Waals surface area contributed by atoms with Gasteiger partial charge >= 0.3 is 0 Å². The van der Waals surface area contributed by atoms with E-state index in [1.165, 1.54) is 0 Å². The van der Waals surface area contributed by atoms with Gasteiger partial charge in [-0.25, -0.2) is 17.6 Å². The first-order valence-electron chi connectivity index (χ1n) is 8.96. The highest BCUT2D eigenvalue weighted by molar-refractivity contribution is 5.72. The molecule has 0 aliphatic carbocycles. The van der Waals surface area contributed by atoms with Crippen LogP contribution in [0.15, 0.2) is 54.6 Å². The second kappa shape index (κ2) is 7.94. The molecule has 0 amide bonds. The monoisotopic (exact) mass is 403 g/mol. The van der Waals surface area contributed by atoms with Gasteiger partial charge in [-0.2, -0.15) is 0 Å². The molecule has 29 heavy (non-hydrogen) atoms. The van der Waals surface area contributed by atoms with Crippen LogP contribution in [0.25, 0.3) is 22.3 Å². The molecular formula is C22H17F4NO2. The van der Waals surface area contributed by atoms with Crippen molar-refractivity contribution in [3.05, 3.63) is 83.4 Å². The maximum Gasteiger partial charge on any atom is 0.183 e. The molecule has 2 N–H and O–H groups in total. The van der Waals surface area contributed by atoms with Crippen molar-refractivity contribution in [3.8, 4) is 22.3 Å². The molecule has 0 atom stereocenters. The Hall–Kier alpha value is -2.74. The highest BCUT2D eigenvalue weighted by atomic mass is 19.2. The summed E-state index contributed by atoms with van der Waals surface area (Å²) >= 11 is 0. The number of rotatable bonds is 3. The molecule has 3 nitrogen and oxygen atoms in total. The Kier molecular flexibility index (Phi) is 5.36. The Morgan fingerprint density at radius 3 is 1.79 bits per heavy atom. The molecule has 1 aliphatic rings. The molecular weight excluding hydrogens is 386 g/mol. The van der Waals surface area contributed by atoms with Gasteiger partial charge in [-0.15, -0.1) is 0 Å². The summed E-state index contributed by atoms with van der Waals surface area (Å²) in [7, 11) is 0. The van der Waals surface area contributed by atoms with Crippen molar-refractivity contribution >= 4 is 0 Å². The summed E-state index contributed by atoms with van der Waals surface area (Å²) in [5, 5.41) is 0. The van der Waals surface area contributed by atoms with Gasteiger partial charge in [0.05, 0.1) is 24.8 Å². The van der Waals surface area contributed by atoms with Gasteiger partial charge in [0.15, 0.2) is 17.9 Å². The van der Waals surface area contributed by atoms with Crippen molar-refractivity contribution in [1.29, 1.82) is 0 Å². The fourth-order valence-electron chi connectivity index (χ4n) is 3.21. The molecule has 0 saturated carbocycles. The summed E-state index contributed by atoms with van der Waals surface area (Å²) in [5.74, 6) is -4.00. The number of nitrogens with two attached hydrogens (primary N) is 1. The molecule has 7 heteroatoms. The van der Waals surface area contributed by atoms with E-state index in [9.17, 15) is 17.6 Å². The second-order valence-corrected chi connectivity index (χ2v) is 6.82. The van der Waals surface area contributed by atoms with Crippen molar-refractivity contribution in [1.82, 2.24) is 0 Å².